The molecule has 14 heavy (non-hydrogen) atoms. The van der Waals surface area contributed by atoms with Gasteiger partial charge in [-0.2, -0.15) is 0 Å². The number of carbonyl (C=O) groups is 1. The fourth-order valence-corrected chi connectivity index (χ4v) is 1.52. The monoisotopic (exact) mass is 212 g/mol. The fourth-order valence-electron chi connectivity index (χ4n) is 1.32. The van der Waals surface area contributed by atoms with Crippen molar-refractivity contribution >= 4 is 18.0 Å². The Morgan fingerprint density at radius 3 is 2.93 bits per heavy atom. The number of halogens is 1. The maximum atomic E-state index is 10.4. The molecular formula is C10H13ClN2O. The molecule has 1 aromatic rings. The summed E-state index contributed by atoms with van der Waals surface area (Å²) in [7, 11) is 0. The molecule has 0 radical (unpaired) electrons. The number of hydrogen-bond acceptors (Lipinski definition) is 2. The van der Waals surface area contributed by atoms with Crippen LogP contribution in [0.3, 0.4) is 0 Å². The largest absolute Gasteiger partial charge is 0.352 e. The van der Waals surface area contributed by atoms with E-state index in [1.54, 1.807) is 6.07 Å². The average molecular weight is 213 g/mol. The molecule has 0 spiro atoms. The summed E-state index contributed by atoms with van der Waals surface area (Å²) in [5.74, 6) is 0. The van der Waals surface area contributed by atoms with Crippen molar-refractivity contribution in [3.8, 4) is 0 Å². The first-order valence-corrected chi connectivity index (χ1v) is 4.81. The molecule has 0 fully saturated rings. The van der Waals surface area contributed by atoms with E-state index in [1.807, 2.05) is 18.2 Å². The van der Waals surface area contributed by atoms with E-state index in [9.17, 15) is 4.79 Å². The van der Waals surface area contributed by atoms with E-state index in [0.29, 0.717) is 24.4 Å². The predicted molar refractivity (Wildman–Crippen MR) is 57.1 cm³/mol. The summed E-state index contributed by atoms with van der Waals surface area (Å²) in [6.07, 6.45) is 1.39. The molecule has 0 saturated heterocycles. The van der Waals surface area contributed by atoms with Crippen LogP contribution in [0.1, 0.15) is 18.0 Å². The number of amides is 1. The first kappa shape index (κ1) is 11.0. The Morgan fingerprint density at radius 1 is 1.57 bits per heavy atom. The lowest BCUT2D eigenvalue weighted by Crippen LogP contribution is -2.22. The highest BCUT2D eigenvalue weighted by Crippen LogP contribution is 2.19. The molecule has 0 heterocycles. The smallest absolute Gasteiger partial charge is 0.207 e. The molecule has 4 heteroatoms. The van der Waals surface area contributed by atoms with E-state index in [1.165, 1.54) is 0 Å². The van der Waals surface area contributed by atoms with Gasteiger partial charge in [0.05, 0.1) is 6.04 Å². The maximum absolute atomic E-state index is 10.4. The summed E-state index contributed by atoms with van der Waals surface area (Å²) in [4.78, 5) is 10.4. The van der Waals surface area contributed by atoms with Crippen molar-refractivity contribution in [1.29, 1.82) is 0 Å². The average Bonchev–Trinajstić information content (AvgIpc) is 2.17. The van der Waals surface area contributed by atoms with Gasteiger partial charge in [0.2, 0.25) is 6.41 Å². The van der Waals surface area contributed by atoms with Gasteiger partial charge in [-0.3, -0.25) is 4.79 Å². The third-order valence-corrected chi connectivity index (χ3v) is 2.21. The Bertz CT molecular complexity index is 304. The fraction of sp³-hybridized carbons (Fsp3) is 0.300. The number of rotatable bonds is 5. The minimum Gasteiger partial charge on any atom is -0.352 e. The van der Waals surface area contributed by atoms with E-state index in [-0.39, 0.29) is 6.04 Å². The summed E-state index contributed by atoms with van der Waals surface area (Å²) < 4.78 is 0. The minimum absolute atomic E-state index is 0.0452. The summed E-state index contributed by atoms with van der Waals surface area (Å²) >= 11 is 5.84. The molecule has 1 aromatic carbocycles. The molecule has 76 valence electrons. The SMILES string of the molecule is NCCC(NC=O)c1cccc(Cl)c1. The molecule has 3 N–H and O–H groups in total. The van der Waals surface area contributed by atoms with Crippen molar-refractivity contribution in [3.05, 3.63) is 34.9 Å². The number of nitrogens with one attached hydrogen (secondary N) is 1. The molecule has 1 rings (SSSR count). The third-order valence-electron chi connectivity index (χ3n) is 1.98. The number of benzene rings is 1. The van der Waals surface area contributed by atoms with Crippen molar-refractivity contribution in [2.45, 2.75) is 12.5 Å². The second-order valence-electron chi connectivity index (χ2n) is 2.97. The van der Waals surface area contributed by atoms with E-state index in [4.69, 9.17) is 17.3 Å². The van der Waals surface area contributed by atoms with Crippen LogP contribution in [0.5, 0.6) is 0 Å². The zero-order valence-corrected chi connectivity index (χ0v) is 8.50. The van der Waals surface area contributed by atoms with Crippen LogP contribution in [-0.2, 0) is 4.79 Å². The van der Waals surface area contributed by atoms with Crippen LogP contribution in [0.25, 0.3) is 0 Å². The molecule has 0 aliphatic carbocycles. The Kier molecular flexibility index (Phi) is 4.43. The Labute approximate surface area is 88.2 Å². The normalized spacial score (nSPS) is 12.1. The lowest BCUT2D eigenvalue weighted by molar-refractivity contribution is -0.110. The van der Waals surface area contributed by atoms with Gasteiger partial charge in [0.25, 0.3) is 0 Å². The Balaban J connectivity index is 2.80. The Morgan fingerprint density at radius 2 is 2.36 bits per heavy atom. The topological polar surface area (TPSA) is 55.1 Å². The third kappa shape index (κ3) is 3.01. The van der Waals surface area contributed by atoms with Crippen molar-refractivity contribution in [2.75, 3.05) is 6.54 Å². The van der Waals surface area contributed by atoms with Gasteiger partial charge in [0.15, 0.2) is 0 Å². The van der Waals surface area contributed by atoms with Crippen LogP contribution < -0.4 is 11.1 Å². The number of hydrogen-bond donors (Lipinski definition) is 2. The van der Waals surface area contributed by atoms with E-state index in [2.05, 4.69) is 5.32 Å². The van der Waals surface area contributed by atoms with Crippen LogP contribution in [0.2, 0.25) is 5.02 Å². The van der Waals surface area contributed by atoms with Crippen LogP contribution >= 0.6 is 11.6 Å². The van der Waals surface area contributed by atoms with Crippen molar-refractivity contribution in [2.24, 2.45) is 5.73 Å². The van der Waals surface area contributed by atoms with Gasteiger partial charge in [-0.15, -0.1) is 0 Å². The summed E-state index contributed by atoms with van der Waals surface area (Å²) in [5, 5.41) is 3.37. The Hall–Kier alpha value is -1.06. The van der Waals surface area contributed by atoms with Gasteiger partial charge in [0, 0.05) is 5.02 Å². The molecule has 0 bridgehead atoms. The van der Waals surface area contributed by atoms with Gasteiger partial charge < -0.3 is 11.1 Å². The van der Waals surface area contributed by atoms with Gasteiger partial charge >= 0.3 is 0 Å². The molecular weight excluding hydrogens is 200 g/mol. The molecule has 1 atom stereocenters. The van der Waals surface area contributed by atoms with E-state index >= 15 is 0 Å². The highest BCUT2D eigenvalue weighted by Gasteiger charge is 2.08. The summed E-state index contributed by atoms with van der Waals surface area (Å²) in [6, 6.07) is 7.36. The van der Waals surface area contributed by atoms with E-state index in [0.717, 1.165) is 5.56 Å². The van der Waals surface area contributed by atoms with Gasteiger partial charge in [0.1, 0.15) is 0 Å². The first-order valence-electron chi connectivity index (χ1n) is 4.43. The molecule has 1 unspecified atom stereocenters. The van der Waals surface area contributed by atoms with Gasteiger partial charge in [-0.1, -0.05) is 23.7 Å². The second-order valence-corrected chi connectivity index (χ2v) is 3.41. The van der Waals surface area contributed by atoms with E-state index < -0.39 is 0 Å². The predicted octanol–water partition coefficient (Wildman–Crippen LogP) is 1.48. The molecule has 1 amide bonds. The van der Waals surface area contributed by atoms with Gasteiger partial charge in [-0.25, -0.2) is 0 Å². The standard InChI is InChI=1S/C10H13ClN2O/c11-9-3-1-2-8(6-9)10(4-5-12)13-7-14/h1-3,6-7,10H,4-5,12H2,(H,13,14). The summed E-state index contributed by atoms with van der Waals surface area (Å²) in [6.45, 7) is 0.526. The summed E-state index contributed by atoms with van der Waals surface area (Å²) in [5.41, 5.74) is 6.43. The highest BCUT2D eigenvalue weighted by atomic mass is 35.5. The number of nitrogens with two attached hydrogens (primary N) is 1. The zero-order valence-electron chi connectivity index (χ0n) is 7.74. The second kappa shape index (κ2) is 5.62. The molecule has 0 aliphatic heterocycles. The van der Waals surface area contributed by atoms with Crippen LogP contribution in [-0.4, -0.2) is 13.0 Å². The van der Waals surface area contributed by atoms with Crippen LogP contribution in [0.15, 0.2) is 24.3 Å². The highest BCUT2D eigenvalue weighted by molar-refractivity contribution is 6.30. The first-order chi connectivity index (χ1) is 6.77. The zero-order chi connectivity index (χ0) is 10.4. The van der Waals surface area contributed by atoms with Crippen LogP contribution in [0, 0.1) is 0 Å². The maximum Gasteiger partial charge on any atom is 0.207 e. The quantitative estimate of drug-likeness (QED) is 0.727. The molecule has 0 aliphatic rings. The van der Waals surface area contributed by atoms with Crippen molar-refractivity contribution in [3.63, 3.8) is 0 Å². The van der Waals surface area contributed by atoms with Crippen molar-refractivity contribution in [1.82, 2.24) is 5.32 Å². The lowest BCUT2D eigenvalue weighted by atomic mass is 10.0. The van der Waals surface area contributed by atoms with Crippen LogP contribution in [0.4, 0.5) is 0 Å². The van der Waals surface area contributed by atoms with Crippen molar-refractivity contribution < 1.29 is 4.79 Å². The molecule has 0 saturated carbocycles. The number of carbonyl (C=O) groups excluding carboxylic acids is 1. The lowest BCUT2D eigenvalue weighted by Gasteiger charge is -2.15. The van der Waals surface area contributed by atoms with Gasteiger partial charge in [-0.05, 0) is 30.7 Å². The molecule has 3 nitrogen and oxygen atoms in total. The minimum atomic E-state index is -0.0452. The molecule has 0 aromatic heterocycles.